The quantitative estimate of drug-likeness (QED) is 0.674. The van der Waals surface area contributed by atoms with Crippen LogP contribution in [-0.4, -0.2) is 39.4 Å². The van der Waals surface area contributed by atoms with E-state index >= 15 is 0 Å². The maximum absolute atomic E-state index is 12.4. The highest BCUT2D eigenvalue weighted by Crippen LogP contribution is 2.23. The summed E-state index contributed by atoms with van der Waals surface area (Å²) in [6, 6.07) is 14.0. The standard InChI is InChI=1S/C20H16N4O3S/c1-12-5-4-6-13(11-12)17(25)21-20-23-22-16(28-20)9-10-24-18(26)14-7-2-3-8-15(14)19(24)27/h2-8,11H,9-10H2,1H3,(H,21,23,25). The van der Waals surface area contributed by atoms with Crippen molar-refractivity contribution in [2.75, 3.05) is 11.9 Å². The fourth-order valence-electron chi connectivity index (χ4n) is 3.01. The van der Waals surface area contributed by atoms with Gasteiger partial charge in [0, 0.05) is 18.5 Å². The molecule has 0 radical (unpaired) electrons. The van der Waals surface area contributed by atoms with Gasteiger partial charge in [0.25, 0.3) is 17.7 Å². The predicted molar refractivity (Wildman–Crippen MR) is 105 cm³/mol. The first kappa shape index (κ1) is 18.0. The minimum Gasteiger partial charge on any atom is -0.296 e. The molecule has 28 heavy (non-hydrogen) atoms. The molecule has 0 spiro atoms. The van der Waals surface area contributed by atoms with Gasteiger partial charge in [-0.05, 0) is 31.2 Å². The number of benzene rings is 2. The molecule has 140 valence electrons. The number of anilines is 1. The molecule has 4 rings (SSSR count). The Balaban J connectivity index is 1.39. The zero-order valence-corrected chi connectivity index (χ0v) is 15.8. The van der Waals surface area contributed by atoms with Crippen molar-refractivity contribution in [1.29, 1.82) is 0 Å². The van der Waals surface area contributed by atoms with Crippen molar-refractivity contribution in [3.8, 4) is 0 Å². The van der Waals surface area contributed by atoms with Crippen LogP contribution in [0.15, 0.2) is 48.5 Å². The van der Waals surface area contributed by atoms with Crippen LogP contribution in [0, 0.1) is 6.92 Å². The average molecular weight is 392 g/mol. The molecule has 0 saturated carbocycles. The van der Waals surface area contributed by atoms with Gasteiger partial charge >= 0.3 is 0 Å². The van der Waals surface area contributed by atoms with Crippen LogP contribution in [0.3, 0.4) is 0 Å². The highest BCUT2D eigenvalue weighted by molar-refractivity contribution is 7.15. The van der Waals surface area contributed by atoms with E-state index < -0.39 is 0 Å². The second kappa shape index (κ2) is 7.32. The lowest BCUT2D eigenvalue weighted by atomic mass is 10.1. The van der Waals surface area contributed by atoms with Crippen LogP contribution in [0.25, 0.3) is 0 Å². The van der Waals surface area contributed by atoms with Crippen LogP contribution in [-0.2, 0) is 6.42 Å². The van der Waals surface area contributed by atoms with Crippen LogP contribution in [0.4, 0.5) is 5.13 Å². The summed E-state index contributed by atoms with van der Waals surface area (Å²) in [5.41, 5.74) is 2.39. The van der Waals surface area contributed by atoms with Gasteiger partial charge in [-0.1, -0.05) is 41.2 Å². The van der Waals surface area contributed by atoms with E-state index in [2.05, 4.69) is 15.5 Å². The first-order valence-corrected chi connectivity index (χ1v) is 9.50. The van der Waals surface area contributed by atoms with Gasteiger partial charge in [-0.2, -0.15) is 0 Å². The molecule has 8 heteroatoms. The molecule has 0 aliphatic carbocycles. The molecular weight excluding hydrogens is 376 g/mol. The molecule has 3 aromatic rings. The van der Waals surface area contributed by atoms with E-state index in [1.54, 1.807) is 36.4 Å². The molecule has 3 amide bonds. The Morgan fingerprint density at radius 3 is 2.43 bits per heavy atom. The molecule has 1 aromatic heterocycles. The summed E-state index contributed by atoms with van der Waals surface area (Å²) >= 11 is 1.23. The fourth-order valence-corrected chi connectivity index (χ4v) is 3.73. The van der Waals surface area contributed by atoms with Crippen molar-refractivity contribution < 1.29 is 14.4 Å². The maximum Gasteiger partial charge on any atom is 0.261 e. The van der Waals surface area contributed by atoms with Crippen LogP contribution in [0.5, 0.6) is 0 Å². The number of rotatable bonds is 5. The molecule has 0 bridgehead atoms. The van der Waals surface area contributed by atoms with Crippen LogP contribution < -0.4 is 5.32 Å². The molecular formula is C20H16N4O3S. The topological polar surface area (TPSA) is 92.3 Å². The molecule has 7 nitrogen and oxygen atoms in total. The molecule has 0 atom stereocenters. The zero-order chi connectivity index (χ0) is 19.7. The number of fused-ring (bicyclic) bond motifs is 1. The van der Waals surface area contributed by atoms with Gasteiger partial charge < -0.3 is 0 Å². The summed E-state index contributed by atoms with van der Waals surface area (Å²) in [6.07, 6.45) is 0.378. The summed E-state index contributed by atoms with van der Waals surface area (Å²) in [5.74, 6) is -0.845. The number of aryl methyl sites for hydroxylation is 1. The van der Waals surface area contributed by atoms with Crippen molar-refractivity contribution in [2.24, 2.45) is 0 Å². The number of imide groups is 1. The first-order valence-electron chi connectivity index (χ1n) is 8.68. The molecule has 2 heterocycles. The maximum atomic E-state index is 12.4. The van der Waals surface area contributed by atoms with E-state index in [9.17, 15) is 14.4 Å². The van der Waals surface area contributed by atoms with E-state index in [0.717, 1.165) is 5.56 Å². The molecule has 0 saturated heterocycles. The van der Waals surface area contributed by atoms with Crippen molar-refractivity contribution in [1.82, 2.24) is 15.1 Å². The predicted octanol–water partition coefficient (Wildman–Crippen LogP) is 2.94. The number of nitrogens with zero attached hydrogens (tertiary/aromatic N) is 3. The number of hydrogen-bond donors (Lipinski definition) is 1. The first-order chi connectivity index (χ1) is 13.5. The Kier molecular flexibility index (Phi) is 4.70. The van der Waals surface area contributed by atoms with E-state index in [4.69, 9.17) is 0 Å². The molecule has 0 fully saturated rings. The Morgan fingerprint density at radius 2 is 1.75 bits per heavy atom. The molecule has 0 unspecified atom stereocenters. The van der Waals surface area contributed by atoms with Gasteiger partial charge in [0.1, 0.15) is 5.01 Å². The van der Waals surface area contributed by atoms with Crippen molar-refractivity contribution in [2.45, 2.75) is 13.3 Å². The van der Waals surface area contributed by atoms with Crippen LogP contribution >= 0.6 is 11.3 Å². The lowest BCUT2D eigenvalue weighted by Crippen LogP contribution is -2.31. The third-order valence-electron chi connectivity index (χ3n) is 4.40. The molecule has 2 aromatic carbocycles. The number of hydrogen-bond acceptors (Lipinski definition) is 6. The highest BCUT2D eigenvalue weighted by atomic mass is 32.1. The third-order valence-corrected chi connectivity index (χ3v) is 5.29. The smallest absolute Gasteiger partial charge is 0.261 e. The van der Waals surface area contributed by atoms with Gasteiger partial charge in [-0.25, -0.2) is 0 Å². The normalized spacial score (nSPS) is 13.0. The number of amides is 3. The molecule has 1 N–H and O–H groups in total. The van der Waals surface area contributed by atoms with Gasteiger partial charge in [0.05, 0.1) is 11.1 Å². The third kappa shape index (κ3) is 3.41. The van der Waals surface area contributed by atoms with Crippen LogP contribution in [0.2, 0.25) is 0 Å². The monoisotopic (exact) mass is 392 g/mol. The van der Waals surface area contributed by atoms with Crippen molar-refractivity contribution in [3.05, 3.63) is 75.8 Å². The number of carbonyl (C=O) groups is 3. The van der Waals surface area contributed by atoms with E-state index in [1.807, 2.05) is 19.1 Å². The van der Waals surface area contributed by atoms with Crippen molar-refractivity contribution in [3.63, 3.8) is 0 Å². The lowest BCUT2D eigenvalue weighted by molar-refractivity contribution is 0.0655. The summed E-state index contributed by atoms with van der Waals surface area (Å²) < 4.78 is 0. The average Bonchev–Trinajstić information content (AvgIpc) is 3.23. The summed E-state index contributed by atoms with van der Waals surface area (Å²) in [7, 11) is 0. The number of carbonyl (C=O) groups excluding carboxylic acids is 3. The Bertz CT molecular complexity index is 1060. The van der Waals surface area contributed by atoms with Gasteiger partial charge in [0.2, 0.25) is 5.13 Å². The highest BCUT2D eigenvalue weighted by Gasteiger charge is 2.34. The van der Waals surface area contributed by atoms with Gasteiger partial charge in [-0.3, -0.25) is 24.6 Å². The van der Waals surface area contributed by atoms with Crippen LogP contribution in [0.1, 0.15) is 41.6 Å². The summed E-state index contributed by atoms with van der Waals surface area (Å²) in [5, 5.41) is 11.8. The minimum atomic E-state index is -0.293. The summed E-state index contributed by atoms with van der Waals surface area (Å²) in [4.78, 5) is 38.3. The fraction of sp³-hybridized carbons (Fsp3) is 0.150. The number of aromatic nitrogens is 2. The zero-order valence-electron chi connectivity index (χ0n) is 15.0. The minimum absolute atomic E-state index is 0.215. The van der Waals surface area contributed by atoms with Gasteiger partial charge in [-0.15, -0.1) is 10.2 Å². The Labute approximate surface area is 165 Å². The van der Waals surface area contributed by atoms with E-state index in [-0.39, 0.29) is 24.3 Å². The van der Waals surface area contributed by atoms with Crippen molar-refractivity contribution >= 4 is 34.2 Å². The van der Waals surface area contributed by atoms with E-state index in [1.165, 1.54) is 16.2 Å². The lowest BCUT2D eigenvalue weighted by Gasteiger charge is -2.12. The van der Waals surface area contributed by atoms with Gasteiger partial charge in [0.15, 0.2) is 0 Å². The largest absolute Gasteiger partial charge is 0.296 e. The Morgan fingerprint density at radius 1 is 1.04 bits per heavy atom. The Hall–Kier alpha value is -3.39. The molecule has 1 aliphatic rings. The second-order valence-electron chi connectivity index (χ2n) is 6.38. The number of nitrogens with one attached hydrogen (secondary N) is 1. The second-order valence-corrected chi connectivity index (χ2v) is 7.44. The van der Waals surface area contributed by atoms with E-state index in [0.29, 0.717) is 33.3 Å². The summed E-state index contributed by atoms with van der Waals surface area (Å²) in [6.45, 7) is 2.13. The SMILES string of the molecule is Cc1cccc(C(=O)Nc2nnc(CCN3C(=O)c4ccccc4C3=O)s2)c1. The molecule has 1 aliphatic heterocycles.